The van der Waals surface area contributed by atoms with Crippen LogP contribution in [0.5, 0.6) is 0 Å². The van der Waals surface area contributed by atoms with E-state index in [0.29, 0.717) is 6.42 Å². The van der Waals surface area contributed by atoms with Crippen molar-refractivity contribution in [2.75, 3.05) is 13.1 Å². The number of allylic oxidation sites excluding steroid dienone is 2. The molecule has 13 heavy (non-hydrogen) atoms. The van der Waals surface area contributed by atoms with Gasteiger partial charge in [-0.15, -0.1) is 0 Å². The highest BCUT2D eigenvalue weighted by Gasteiger charge is 1.88. The third-order valence-corrected chi connectivity index (χ3v) is 1.87. The monoisotopic (exact) mass is 180 g/mol. The SMILES string of the molecule is C/C=C/CCCCCNCCC#N. The first-order chi connectivity index (χ1) is 6.41. The highest BCUT2D eigenvalue weighted by Crippen LogP contribution is 1.99. The van der Waals surface area contributed by atoms with Crippen LogP contribution in [0, 0.1) is 11.3 Å². The van der Waals surface area contributed by atoms with Crippen LogP contribution in [0.15, 0.2) is 12.2 Å². The minimum atomic E-state index is 0.624. The first-order valence-corrected chi connectivity index (χ1v) is 5.10. The van der Waals surface area contributed by atoms with Gasteiger partial charge in [-0.05, 0) is 32.7 Å². The molecule has 0 spiro atoms. The van der Waals surface area contributed by atoms with E-state index in [2.05, 4.69) is 30.5 Å². The summed E-state index contributed by atoms with van der Waals surface area (Å²) in [5.74, 6) is 0. The third kappa shape index (κ3) is 11.2. The lowest BCUT2D eigenvalue weighted by molar-refractivity contribution is 0.610. The second-order valence-corrected chi connectivity index (χ2v) is 3.08. The number of rotatable bonds is 8. The molecule has 0 aliphatic heterocycles. The Kier molecular flexibility index (Phi) is 10.5. The summed E-state index contributed by atoms with van der Waals surface area (Å²) in [6.07, 6.45) is 9.93. The van der Waals surface area contributed by atoms with Crippen LogP contribution >= 0.6 is 0 Å². The fraction of sp³-hybridized carbons (Fsp3) is 0.727. The smallest absolute Gasteiger partial charge is 0.0635 e. The Morgan fingerprint density at radius 1 is 1.23 bits per heavy atom. The molecule has 0 aliphatic rings. The Morgan fingerprint density at radius 2 is 2.08 bits per heavy atom. The molecule has 0 amide bonds. The highest BCUT2D eigenvalue weighted by molar-refractivity contribution is 4.76. The molecule has 0 rings (SSSR count). The number of nitrogens with zero attached hydrogens (tertiary/aromatic N) is 1. The van der Waals surface area contributed by atoms with Gasteiger partial charge in [-0.1, -0.05) is 18.6 Å². The van der Waals surface area contributed by atoms with Crippen LogP contribution in [-0.4, -0.2) is 13.1 Å². The summed E-state index contributed by atoms with van der Waals surface area (Å²) >= 11 is 0. The van der Waals surface area contributed by atoms with E-state index in [0.717, 1.165) is 13.1 Å². The zero-order valence-electron chi connectivity index (χ0n) is 8.55. The number of nitrogens with one attached hydrogen (secondary N) is 1. The van der Waals surface area contributed by atoms with E-state index < -0.39 is 0 Å². The van der Waals surface area contributed by atoms with Crippen molar-refractivity contribution in [3.05, 3.63) is 12.2 Å². The summed E-state index contributed by atoms with van der Waals surface area (Å²) in [4.78, 5) is 0. The van der Waals surface area contributed by atoms with E-state index >= 15 is 0 Å². The molecule has 0 heterocycles. The predicted octanol–water partition coefficient (Wildman–Crippen LogP) is 2.63. The van der Waals surface area contributed by atoms with Crippen molar-refractivity contribution in [2.45, 2.75) is 39.0 Å². The van der Waals surface area contributed by atoms with Crippen molar-refractivity contribution >= 4 is 0 Å². The van der Waals surface area contributed by atoms with Crippen molar-refractivity contribution in [1.29, 1.82) is 5.26 Å². The van der Waals surface area contributed by atoms with E-state index in [1.165, 1.54) is 25.7 Å². The molecule has 2 heteroatoms. The van der Waals surface area contributed by atoms with Crippen LogP contribution in [0.25, 0.3) is 0 Å². The molecule has 1 N–H and O–H groups in total. The Bertz CT molecular complexity index is 156. The van der Waals surface area contributed by atoms with Gasteiger partial charge in [-0.2, -0.15) is 5.26 Å². The molecule has 0 aromatic heterocycles. The van der Waals surface area contributed by atoms with Crippen molar-refractivity contribution in [3.8, 4) is 6.07 Å². The second-order valence-electron chi connectivity index (χ2n) is 3.08. The van der Waals surface area contributed by atoms with Gasteiger partial charge >= 0.3 is 0 Å². The number of hydrogen-bond acceptors (Lipinski definition) is 2. The van der Waals surface area contributed by atoms with Crippen molar-refractivity contribution in [1.82, 2.24) is 5.32 Å². The summed E-state index contributed by atoms with van der Waals surface area (Å²) in [5.41, 5.74) is 0. The summed E-state index contributed by atoms with van der Waals surface area (Å²) in [7, 11) is 0. The Labute approximate surface area is 81.6 Å². The van der Waals surface area contributed by atoms with Crippen LogP contribution in [0.3, 0.4) is 0 Å². The van der Waals surface area contributed by atoms with Crippen LogP contribution in [0.4, 0.5) is 0 Å². The van der Waals surface area contributed by atoms with E-state index in [9.17, 15) is 0 Å². The summed E-state index contributed by atoms with van der Waals surface area (Å²) in [6.45, 7) is 3.95. The van der Waals surface area contributed by atoms with Gasteiger partial charge in [0.25, 0.3) is 0 Å². The maximum atomic E-state index is 8.27. The Balaban J connectivity index is 2.88. The van der Waals surface area contributed by atoms with E-state index in [4.69, 9.17) is 5.26 Å². The van der Waals surface area contributed by atoms with Gasteiger partial charge in [0.05, 0.1) is 6.07 Å². The molecule has 2 nitrogen and oxygen atoms in total. The average Bonchev–Trinajstić information content (AvgIpc) is 2.16. The van der Waals surface area contributed by atoms with E-state index in [-0.39, 0.29) is 0 Å². The van der Waals surface area contributed by atoms with Crippen LogP contribution < -0.4 is 5.32 Å². The minimum absolute atomic E-state index is 0.624. The van der Waals surface area contributed by atoms with Crippen molar-refractivity contribution in [3.63, 3.8) is 0 Å². The molecule has 0 aromatic carbocycles. The van der Waals surface area contributed by atoms with Gasteiger partial charge in [0.15, 0.2) is 0 Å². The van der Waals surface area contributed by atoms with Crippen LogP contribution in [-0.2, 0) is 0 Å². The first-order valence-electron chi connectivity index (χ1n) is 5.10. The van der Waals surface area contributed by atoms with E-state index in [1.54, 1.807) is 0 Å². The fourth-order valence-electron chi connectivity index (χ4n) is 1.12. The van der Waals surface area contributed by atoms with Gasteiger partial charge in [-0.3, -0.25) is 0 Å². The van der Waals surface area contributed by atoms with Gasteiger partial charge in [0, 0.05) is 13.0 Å². The first kappa shape index (κ1) is 12.2. The normalized spacial score (nSPS) is 10.5. The lowest BCUT2D eigenvalue weighted by Crippen LogP contribution is -2.15. The van der Waals surface area contributed by atoms with Gasteiger partial charge in [-0.25, -0.2) is 0 Å². The van der Waals surface area contributed by atoms with Crippen molar-refractivity contribution in [2.24, 2.45) is 0 Å². The minimum Gasteiger partial charge on any atom is -0.316 e. The number of unbranched alkanes of at least 4 members (excludes halogenated alkanes) is 3. The van der Waals surface area contributed by atoms with Crippen molar-refractivity contribution < 1.29 is 0 Å². The zero-order valence-corrected chi connectivity index (χ0v) is 8.55. The Hall–Kier alpha value is -0.810. The quantitative estimate of drug-likeness (QED) is 0.460. The molecule has 0 saturated carbocycles. The van der Waals surface area contributed by atoms with Gasteiger partial charge in [0.2, 0.25) is 0 Å². The lowest BCUT2D eigenvalue weighted by Gasteiger charge is -2.00. The molecule has 0 atom stereocenters. The third-order valence-electron chi connectivity index (χ3n) is 1.87. The predicted molar refractivity (Wildman–Crippen MR) is 56.4 cm³/mol. The number of nitriles is 1. The molecular formula is C11H20N2. The van der Waals surface area contributed by atoms with Gasteiger partial charge < -0.3 is 5.32 Å². The standard InChI is InChI=1S/C11H20N2/c1-2-3-4-5-6-7-10-13-11-8-9-12/h2-3,13H,4-8,10-11H2,1H3/b3-2+. The van der Waals surface area contributed by atoms with Crippen LogP contribution in [0.1, 0.15) is 39.0 Å². The van der Waals surface area contributed by atoms with Crippen LogP contribution in [0.2, 0.25) is 0 Å². The molecule has 0 radical (unpaired) electrons. The lowest BCUT2D eigenvalue weighted by atomic mass is 10.2. The largest absolute Gasteiger partial charge is 0.316 e. The molecule has 0 unspecified atom stereocenters. The fourth-order valence-corrected chi connectivity index (χ4v) is 1.12. The van der Waals surface area contributed by atoms with E-state index in [1.807, 2.05) is 0 Å². The maximum absolute atomic E-state index is 8.27. The van der Waals surface area contributed by atoms with Gasteiger partial charge in [0.1, 0.15) is 0 Å². The zero-order chi connectivity index (χ0) is 9.78. The molecule has 0 saturated heterocycles. The second kappa shape index (κ2) is 11.2. The molecule has 74 valence electrons. The number of hydrogen-bond donors (Lipinski definition) is 1. The summed E-state index contributed by atoms with van der Waals surface area (Å²) in [6, 6.07) is 2.11. The topological polar surface area (TPSA) is 35.8 Å². The molecule has 0 bridgehead atoms. The summed E-state index contributed by atoms with van der Waals surface area (Å²) < 4.78 is 0. The summed E-state index contributed by atoms with van der Waals surface area (Å²) in [5, 5.41) is 11.5. The molecule has 0 fully saturated rings. The maximum Gasteiger partial charge on any atom is 0.0635 e. The average molecular weight is 180 g/mol. The molecule has 0 aliphatic carbocycles. The Morgan fingerprint density at radius 3 is 2.77 bits per heavy atom. The molecular weight excluding hydrogens is 160 g/mol. The highest BCUT2D eigenvalue weighted by atomic mass is 14.8. The molecule has 0 aromatic rings.